The molecule has 2 fully saturated rings. The van der Waals surface area contributed by atoms with Gasteiger partial charge in [0.15, 0.2) is 11.6 Å². The van der Waals surface area contributed by atoms with Crippen LogP contribution in [0.4, 0.5) is 32.7 Å². The molecule has 184 valence electrons. The average Bonchev–Trinajstić information content (AvgIpc) is 3.15. The molecule has 1 unspecified atom stereocenters. The molecule has 1 saturated carbocycles. The van der Waals surface area contributed by atoms with Crippen molar-refractivity contribution in [2.45, 2.75) is 63.5 Å². The first-order chi connectivity index (χ1) is 16.5. The van der Waals surface area contributed by atoms with E-state index in [1.165, 1.54) is 37.0 Å². The number of amides is 1. The van der Waals surface area contributed by atoms with Gasteiger partial charge in [0.1, 0.15) is 0 Å². The largest absolute Gasteiger partial charge is 0.494 e. The van der Waals surface area contributed by atoms with Crippen molar-refractivity contribution < 1.29 is 19.0 Å². The van der Waals surface area contributed by atoms with E-state index in [0.29, 0.717) is 30.7 Å². The smallest absolute Gasteiger partial charge is 0.407 e. The summed E-state index contributed by atoms with van der Waals surface area (Å²) >= 11 is 0. The lowest BCUT2D eigenvalue weighted by atomic mass is 10.1. The summed E-state index contributed by atoms with van der Waals surface area (Å²) < 4.78 is 19.1. The third-order valence-electron chi connectivity index (χ3n) is 6.35. The van der Waals surface area contributed by atoms with Crippen LogP contribution in [0.15, 0.2) is 18.2 Å². The van der Waals surface area contributed by atoms with Crippen LogP contribution in [0.25, 0.3) is 0 Å². The number of anilines is 4. The summed E-state index contributed by atoms with van der Waals surface area (Å²) in [5, 5.41) is 19.0. The molecule has 1 aromatic carbocycles. The van der Waals surface area contributed by atoms with Gasteiger partial charge in [0.05, 0.1) is 13.2 Å². The number of rotatable bonds is 8. The number of ether oxygens (including phenoxy) is 1. The number of nitrogens with zero attached hydrogens (tertiary/aromatic N) is 4. The Hall–Kier alpha value is -3.37. The Balaban J connectivity index is 1.52. The minimum Gasteiger partial charge on any atom is -0.494 e. The van der Waals surface area contributed by atoms with Gasteiger partial charge in [0.2, 0.25) is 17.8 Å². The Morgan fingerprint density at radius 3 is 2.53 bits per heavy atom. The van der Waals surface area contributed by atoms with Crippen LogP contribution < -0.4 is 20.7 Å². The van der Waals surface area contributed by atoms with Gasteiger partial charge in [-0.3, -0.25) is 0 Å². The molecule has 1 aliphatic heterocycles. The fraction of sp³-hybridized carbons (Fsp3) is 0.565. The lowest BCUT2D eigenvalue weighted by molar-refractivity contribution is 0.142. The van der Waals surface area contributed by atoms with E-state index in [1.54, 1.807) is 6.07 Å². The summed E-state index contributed by atoms with van der Waals surface area (Å²) in [5.41, 5.74) is 0.476. The highest BCUT2D eigenvalue weighted by Gasteiger charge is 2.28. The maximum atomic E-state index is 14.2. The molecular formula is C23H32FN7O3. The van der Waals surface area contributed by atoms with E-state index >= 15 is 0 Å². The van der Waals surface area contributed by atoms with Gasteiger partial charge in [0, 0.05) is 30.9 Å². The third-order valence-corrected chi connectivity index (χ3v) is 6.35. The van der Waals surface area contributed by atoms with E-state index in [1.807, 2.05) is 0 Å². The second-order valence-electron chi connectivity index (χ2n) is 8.77. The van der Waals surface area contributed by atoms with Gasteiger partial charge < -0.3 is 30.7 Å². The zero-order valence-electron chi connectivity index (χ0n) is 19.4. The van der Waals surface area contributed by atoms with Crippen LogP contribution in [0.2, 0.25) is 0 Å². The predicted octanol–water partition coefficient (Wildman–Crippen LogP) is 4.45. The first kappa shape index (κ1) is 23.8. The van der Waals surface area contributed by atoms with Crippen molar-refractivity contribution in [3.63, 3.8) is 0 Å². The Bertz CT molecular complexity index is 985. The van der Waals surface area contributed by atoms with Gasteiger partial charge >= 0.3 is 6.09 Å². The highest BCUT2D eigenvalue weighted by Crippen LogP contribution is 2.25. The van der Waals surface area contributed by atoms with Crippen LogP contribution in [-0.4, -0.2) is 63.3 Å². The van der Waals surface area contributed by atoms with E-state index in [-0.39, 0.29) is 23.8 Å². The molecule has 10 nitrogen and oxygen atoms in total. The lowest BCUT2D eigenvalue weighted by Crippen LogP contribution is -2.38. The molecule has 4 N–H and O–H groups in total. The monoisotopic (exact) mass is 473 g/mol. The lowest BCUT2D eigenvalue weighted by Gasteiger charge is -2.22. The van der Waals surface area contributed by atoms with Gasteiger partial charge in [0.25, 0.3) is 0 Å². The first-order valence-corrected chi connectivity index (χ1v) is 11.9. The molecule has 11 heteroatoms. The van der Waals surface area contributed by atoms with Crippen LogP contribution in [0.5, 0.6) is 5.75 Å². The SMILES string of the molecule is COc1ccc(Nc2nc(NCC3CCCN3C(=O)O)nc(NC3CCCCCC3)n2)cc1F. The molecule has 34 heavy (non-hydrogen) atoms. The molecule has 1 aromatic heterocycles. The number of carbonyl (C=O) groups is 1. The van der Waals surface area contributed by atoms with Crippen molar-refractivity contribution >= 4 is 29.6 Å². The van der Waals surface area contributed by atoms with Gasteiger partial charge in [-0.15, -0.1) is 0 Å². The van der Waals surface area contributed by atoms with Crippen molar-refractivity contribution in [1.82, 2.24) is 19.9 Å². The molecule has 1 atom stereocenters. The number of hydrogen-bond acceptors (Lipinski definition) is 8. The molecule has 2 heterocycles. The van der Waals surface area contributed by atoms with Crippen molar-refractivity contribution in [2.24, 2.45) is 0 Å². The average molecular weight is 474 g/mol. The number of carboxylic acid groups (broad SMARTS) is 1. The topological polar surface area (TPSA) is 125 Å². The number of aromatic nitrogens is 3. The van der Waals surface area contributed by atoms with E-state index < -0.39 is 11.9 Å². The maximum absolute atomic E-state index is 14.2. The zero-order chi connectivity index (χ0) is 23.9. The molecule has 2 aliphatic rings. The van der Waals surface area contributed by atoms with Crippen molar-refractivity contribution in [2.75, 3.05) is 36.1 Å². The van der Waals surface area contributed by atoms with Crippen LogP contribution in [-0.2, 0) is 0 Å². The second-order valence-corrected chi connectivity index (χ2v) is 8.77. The van der Waals surface area contributed by atoms with Crippen molar-refractivity contribution in [3.05, 3.63) is 24.0 Å². The minimum absolute atomic E-state index is 0.139. The number of benzene rings is 1. The normalized spacial score (nSPS) is 18.9. The summed E-state index contributed by atoms with van der Waals surface area (Å²) in [6.07, 6.45) is 7.60. The maximum Gasteiger partial charge on any atom is 0.407 e. The number of nitrogens with one attached hydrogen (secondary N) is 3. The van der Waals surface area contributed by atoms with Crippen molar-refractivity contribution in [1.29, 1.82) is 0 Å². The molecule has 2 aromatic rings. The summed E-state index contributed by atoms with van der Waals surface area (Å²) in [6.45, 7) is 0.930. The first-order valence-electron chi connectivity index (χ1n) is 11.9. The summed E-state index contributed by atoms with van der Waals surface area (Å²) in [5.74, 6) is 0.687. The van der Waals surface area contributed by atoms with Gasteiger partial charge in [-0.25, -0.2) is 9.18 Å². The highest BCUT2D eigenvalue weighted by molar-refractivity contribution is 5.66. The standard InChI is InChI=1S/C23H32FN7O3/c1-34-19-11-10-16(13-18(19)24)27-22-29-20(25-14-17-9-6-12-31(17)23(32)33)28-21(30-22)26-15-7-4-2-3-5-8-15/h10-11,13,15,17H,2-9,12,14H2,1H3,(H,32,33)(H3,25,26,27,28,29,30). The molecule has 0 radical (unpaired) electrons. The third kappa shape index (κ3) is 6.15. The molecule has 0 spiro atoms. The molecule has 1 aliphatic carbocycles. The predicted molar refractivity (Wildman–Crippen MR) is 127 cm³/mol. The number of likely N-dealkylation sites (tertiary alicyclic amines) is 1. The van der Waals surface area contributed by atoms with Crippen LogP contribution >= 0.6 is 0 Å². The van der Waals surface area contributed by atoms with Gasteiger partial charge in [-0.1, -0.05) is 25.7 Å². The Kier molecular flexibility index (Phi) is 7.81. The summed E-state index contributed by atoms with van der Waals surface area (Å²) in [4.78, 5) is 26.4. The fourth-order valence-corrected chi connectivity index (χ4v) is 4.56. The van der Waals surface area contributed by atoms with Crippen LogP contribution in [0, 0.1) is 5.82 Å². The van der Waals surface area contributed by atoms with E-state index in [4.69, 9.17) is 4.74 Å². The van der Waals surface area contributed by atoms with Gasteiger partial charge in [-0.05, 0) is 37.8 Å². The second kappa shape index (κ2) is 11.2. The zero-order valence-corrected chi connectivity index (χ0v) is 19.4. The van der Waals surface area contributed by atoms with E-state index in [2.05, 4.69) is 30.9 Å². The molecule has 4 rings (SSSR count). The molecular weight excluding hydrogens is 441 g/mol. The van der Waals surface area contributed by atoms with Gasteiger partial charge in [-0.2, -0.15) is 15.0 Å². The van der Waals surface area contributed by atoms with Crippen LogP contribution in [0.3, 0.4) is 0 Å². The minimum atomic E-state index is -0.917. The molecule has 0 bridgehead atoms. The molecule has 1 amide bonds. The highest BCUT2D eigenvalue weighted by atomic mass is 19.1. The Labute approximate surface area is 198 Å². The molecule has 1 saturated heterocycles. The quantitative estimate of drug-likeness (QED) is 0.412. The van der Waals surface area contributed by atoms with E-state index in [0.717, 1.165) is 38.5 Å². The summed E-state index contributed by atoms with van der Waals surface area (Å²) in [6, 6.07) is 4.67. The Morgan fingerprint density at radius 1 is 1.09 bits per heavy atom. The summed E-state index contributed by atoms with van der Waals surface area (Å²) in [7, 11) is 1.41. The number of methoxy groups -OCH3 is 1. The fourth-order valence-electron chi connectivity index (χ4n) is 4.56. The van der Waals surface area contributed by atoms with E-state index in [9.17, 15) is 14.3 Å². The van der Waals surface area contributed by atoms with Crippen molar-refractivity contribution in [3.8, 4) is 5.75 Å². The van der Waals surface area contributed by atoms with Crippen LogP contribution in [0.1, 0.15) is 51.4 Å². The number of hydrogen-bond donors (Lipinski definition) is 4. The number of halogens is 1. The Morgan fingerprint density at radius 2 is 1.82 bits per heavy atom.